The Morgan fingerprint density at radius 2 is 2.05 bits per heavy atom. The van der Waals surface area contributed by atoms with E-state index in [4.69, 9.17) is 4.74 Å². The van der Waals surface area contributed by atoms with Crippen LogP contribution in [0.15, 0.2) is 0 Å². The van der Waals surface area contributed by atoms with Gasteiger partial charge in [0.2, 0.25) is 0 Å². The monoisotopic (exact) mass is 288 g/mol. The molecule has 1 aliphatic heterocycles. The van der Waals surface area contributed by atoms with E-state index >= 15 is 0 Å². The fourth-order valence-electron chi connectivity index (χ4n) is 2.00. The normalized spacial score (nSPS) is 22.9. The van der Waals surface area contributed by atoms with Crippen molar-refractivity contribution < 1.29 is 9.53 Å². The lowest BCUT2D eigenvalue weighted by molar-refractivity contribution is 0.0527. The van der Waals surface area contributed by atoms with Gasteiger partial charge in [0.1, 0.15) is 5.60 Å². The minimum absolute atomic E-state index is 0.341. The van der Waals surface area contributed by atoms with Gasteiger partial charge < -0.3 is 15.4 Å². The number of amides is 1. The van der Waals surface area contributed by atoms with Crippen molar-refractivity contribution >= 4 is 17.9 Å². The summed E-state index contributed by atoms with van der Waals surface area (Å²) in [6.07, 6.45) is 0.904. The molecule has 1 saturated heterocycles. The molecule has 1 amide bonds. The molecule has 1 fully saturated rings. The number of rotatable bonds is 4. The van der Waals surface area contributed by atoms with Crippen molar-refractivity contribution in [2.45, 2.75) is 52.7 Å². The minimum Gasteiger partial charge on any atom is -0.444 e. The number of carbonyl (C=O) groups excluding carboxylic acids is 1. The molecule has 1 aliphatic rings. The second-order valence-electron chi connectivity index (χ2n) is 6.75. The molecule has 0 aromatic carbocycles. The van der Waals surface area contributed by atoms with Gasteiger partial charge in [0.05, 0.1) is 0 Å². The first-order valence-corrected chi connectivity index (χ1v) is 8.14. The van der Waals surface area contributed by atoms with Crippen LogP contribution in [0.1, 0.15) is 41.0 Å². The van der Waals surface area contributed by atoms with Gasteiger partial charge in [0, 0.05) is 24.9 Å². The molecule has 1 rings (SSSR count). The highest BCUT2D eigenvalue weighted by Gasteiger charge is 2.31. The maximum atomic E-state index is 11.5. The van der Waals surface area contributed by atoms with E-state index in [1.165, 1.54) is 12.2 Å². The molecule has 5 heteroatoms. The van der Waals surface area contributed by atoms with Crippen LogP contribution < -0.4 is 10.6 Å². The summed E-state index contributed by atoms with van der Waals surface area (Å²) in [7, 11) is 0. The lowest BCUT2D eigenvalue weighted by atomic mass is 9.82. The number of nitrogens with one attached hydrogen (secondary N) is 2. The zero-order chi connectivity index (χ0) is 14.5. The van der Waals surface area contributed by atoms with Crippen LogP contribution in [0.5, 0.6) is 0 Å². The van der Waals surface area contributed by atoms with Gasteiger partial charge in [-0.1, -0.05) is 13.8 Å². The van der Waals surface area contributed by atoms with Gasteiger partial charge in [-0.2, -0.15) is 11.8 Å². The SMILES string of the molecule is CC(C)(C)OC(=O)NCCNC1CSCCC1(C)C. The molecule has 1 atom stereocenters. The van der Waals surface area contributed by atoms with Gasteiger partial charge in [-0.3, -0.25) is 0 Å². The third-order valence-corrected chi connectivity index (χ3v) is 4.36. The zero-order valence-electron chi connectivity index (χ0n) is 12.8. The van der Waals surface area contributed by atoms with Crippen molar-refractivity contribution in [1.29, 1.82) is 0 Å². The molecular formula is C14H28N2O2S. The predicted molar refractivity (Wildman–Crippen MR) is 81.8 cm³/mol. The molecule has 0 bridgehead atoms. The number of thioether (sulfide) groups is 1. The number of carbonyl (C=O) groups is 1. The highest BCUT2D eigenvalue weighted by molar-refractivity contribution is 7.99. The number of alkyl carbamates (subject to hydrolysis) is 1. The summed E-state index contributed by atoms with van der Waals surface area (Å²) in [6, 6.07) is 0.520. The summed E-state index contributed by atoms with van der Waals surface area (Å²) in [5.41, 5.74) is -0.0866. The van der Waals surface area contributed by atoms with E-state index in [1.807, 2.05) is 32.5 Å². The van der Waals surface area contributed by atoms with Crippen LogP contribution in [0.4, 0.5) is 4.79 Å². The van der Waals surface area contributed by atoms with Crippen molar-refractivity contribution in [3.8, 4) is 0 Å². The molecule has 2 N–H and O–H groups in total. The maximum absolute atomic E-state index is 11.5. The molecule has 1 heterocycles. The van der Waals surface area contributed by atoms with Gasteiger partial charge in [-0.15, -0.1) is 0 Å². The number of hydrogen-bond acceptors (Lipinski definition) is 4. The summed E-state index contributed by atoms with van der Waals surface area (Å²) in [5.74, 6) is 2.40. The summed E-state index contributed by atoms with van der Waals surface area (Å²) in [5, 5.41) is 6.31. The van der Waals surface area contributed by atoms with E-state index in [9.17, 15) is 4.79 Å². The molecule has 0 aromatic rings. The van der Waals surface area contributed by atoms with Gasteiger partial charge in [-0.05, 0) is 38.4 Å². The van der Waals surface area contributed by atoms with E-state index in [2.05, 4.69) is 24.5 Å². The number of hydrogen-bond donors (Lipinski definition) is 2. The molecule has 19 heavy (non-hydrogen) atoms. The molecule has 0 saturated carbocycles. The summed E-state index contributed by atoms with van der Waals surface area (Å²) in [6.45, 7) is 11.6. The van der Waals surface area contributed by atoms with Crippen LogP contribution in [-0.2, 0) is 4.74 Å². The van der Waals surface area contributed by atoms with Crippen LogP contribution in [0.25, 0.3) is 0 Å². The Morgan fingerprint density at radius 3 is 2.63 bits per heavy atom. The molecule has 0 radical (unpaired) electrons. The summed E-state index contributed by atoms with van der Waals surface area (Å²) >= 11 is 2.00. The topological polar surface area (TPSA) is 50.4 Å². The molecule has 1 unspecified atom stereocenters. The molecule has 4 nitrogen and oxygen atoms in total. The Bertz CT molecular complexity index is 300. The van der Waals surface area contributed by atoms with Crippen LogP contribution in [0.3, 0.4) is 0 Å². The highest BCUT2D eigenvalue weighted by atomic mass is 32.2. The lowest BCUT2D eigenvalue weighted by Crippen LogP contribution is -2.48. The maximum Gasteiger partial charge on any atom is 0.407 e. The largest absolute Gasteiger partial charge is 0.444 e. The molecule has 0 aliphatic carbocycles. The third-order valence-electron chi connectivity index (χ3n) is 3.30. The zero-order valence-corrected chi connectivity index (χ0v) is 13.7. The van der Waals surface area contributed by atoms with Gasteiger partial charge in [-0.25, -0.2) is 4.79 Å². The van der Waals surface area contributed by atoms with Crippen LogP contribution in [0, 0.1) is 5.41 Å². The minimum atomic E-state index is -0.431. The smallest absolute Gasteiger partial charge is 0.407 e. The second-order valence-corrected chi connectivity index (χ2v) is 7.90. The first-order valence-electron chi connectivity index (χ1n) is 6.99. The van der Waals surface area contributed by atoms with Crippen molar-refractivity contribution in [3.05, 3.63) is 0 Å². The quantitative estimate of drug-likeness (QED) is 0.781. The standard InChI is InChI=1S/C14H28N2O2S/c1-13(2,3)18-12(17)16-8-7-15-11-10-19-9-6-14(11,4)5/h11,15H,6-10H2,1-5H3,(H,16,17). The molecule has 0 spiro atoms. The first-order chi connectivity index (χ1) is 8.71. The van der Waals surface area contributed by atoms with Crippen molar-refractivity contribution in [2.24, 2.45) is 5.41 Å². The first kappa shape index (κ1) is 16.6. The van der Waals surface area contributed by atoms with Crippen LogP contribution >= 0.6 is 11.8 Å². The third kappa shape index (κ3) is 6.52. The Morgan fingerprint density at radius 1 is 1.37 bits per heavy atom. The van der Waals surface area contributed by atoms with E-state index in [0.29, 0.717) is 18.0 Å². The van der Waals surface area contributed by atoms with E-state index in [-0.39, 0.29) is 6.09 Å². The molecule has 0 aromatic heterocycles. The molecule has 112 valence electrons. The van der Waals surface area contributed by atoms with Gasteiger partial charge in [0.25, 0.3) is 0 Å². The fraction of sp³-hybridized carbons (Fsp3) is 0.929. The van der Waals surface area contributed by atoms with Gasteiger partial charge in [0.15, 0.2) is 0 Å². The van der Waals surface area contributed by atoms with Crippen molar-refractivity contribution in [3.63, 3.8) is 0 Å². The van der Waals surface area contributed by atoms with Crippen LogP contribution in [-0.4, -0.2) is 42.3 Å². The Balaban J connectivity index is 2.18. The highest BCUT2D eigenvalue weighted by Crippen LogP contribution is 2.33. The van der Waals surface area contributed by atoms with E-state index in [0.717, 1.165) is 12.3 Å². The van der Waals surface area contributed by atoms with Crippen molar-refractivity contribution in [1.82, 2.24) is 10.6 Å². The van der Waals surface area contributed by atoms with E-state index < -0.39 is 5.60 Å². The van der Waals surface area contributed by atoms with Gasteiger partial charge >= 0.3 is 6.09 Å². The van der Waals surface area contributed by atoms with Crippen LogP contribution in [0.2, 0.25) is 0 Å². The summed E-state index contributed by atoms with van der Waals surface area (Å²) < 4.78 is 5.19. The van der Waals surface area contributed by atoms with E-state index in [1.54, 1.807) is 0 Å². The average molecular weight is 288 g/mol. The number of ether oxygens (including phenoxy) is 1. The predicted octanol–water partition coefficient (Wildman–Crippen LogP) is 2.63. The Hall–Kier alpha value is -0.420. The summed E-state index contributed by atoms with van der Waals surface area (Å²) in [4.78, 5) is 11.5. The Kier molecular flexibility index (Phi) is 5.99. The fourth-order valence-corrected chi connectivity index (χ4v) is 3.64. The second kappa shape index (κ2) is 6.84. The lowest BCUT2D eigenvalue weighted by Gasteiger charge is -2.38. The Labute approximate surface area is 121 Å². The van der Waals surface area contributed by atoms with Crippen molar-refractivity contribution in [2.75, 3.05) is 24.6 Å². The molecular weight excluding hydrogens is 260 g/mol. The average Bonchev–Trinajstić information content (AvgIpc) is 2.23.